The summed E-state index contributed by atoms with van der Waals surface area (Å²) in [5, 5.41) is 3.16. The molecule has 0 spiro atoms. The first-order valence-electron chi connectivity index (χ1n) is 9.98. The first-order valence-corrected chi connectivity index (χ1v) is 9.98. The van der Waals surface area contributed by atoms with Gasteiger partial charge >= 0.3 is 0 Å². The maximum atomic E-state index is 13.0. The van der Waals surface area contributed by atoms with Crippen LogP contribution in [-0.4, -0.2) is 29.9 Å². The molecule has 2 amide bonds. The molecule has 2 aromatic rings. The number of hydrogen-bond acceptors (Lipinski definition) is 3. The van der Waals surface area contributed by atoms with Crippen LogP contribution in [-0.2, 0) is 11.3 Å². The van der Waals surface area contributed by atoms with Crippen LogP contribution in [0.15, 0.2) is 48.5 Å². The lowest BCUT2D eigenvalue weighted by atomic mass is 10.0. The van der Waals surface area contributed by atoms with Crippen molar-refractivity contribution in [2.75, 3.05) is 7.11 Å². The highest BCUT2D eigenvalue weighted by atomic mass is 16.5. The Morgan fingerprint density at radius 3 is 2.54 bits per heavy atom. The molecule has 1 heterocycles. The van der Waals surface area contributed by atoms with E-state index in [0.717, 1.165) is 35.3 Å². The van der Waals surface area contributed by atoms with E-state index in [0.29, 0.717) is 6.54 Å². The van der Waals surface area contributed by atoms with E-state index in [4.69, 9.17) is 4.74 Å². The Balaban J connectivity index is 1.58. The number of fused-ring (bicyclic) bond motifs is 1. The molecule has 1 N–H and O–H groups in total. The van der Waals surface area contributed by atoms with E-state index in [1.165, 1.54) is 12.8 Å². The molecule has 5 nitrogen and oxygen atoms in total. The van der Waals surface area contributed by atoms with Gasteiger partial charge in [0, 0.05) is 18.2 Å². The van der Waals surface area contributed by atoms with Gasteiger partial charge in [0.05, 0.1) is 19.6 Å². The van der Waals surface area contributed by atoms with E-state index < -0.39 is 0 Å². The number of hydrogen-bond donors (Lipinski definition) is 1. The maximum absolute atomic E-state index is 13.0. The lowest BCUT2D eigenvalue weighted by Crippen LogP contribution is -2.37. The zero-order chi connectivity index (χ0) is 19.5. The van der Waals surface area contributed by atoms with Crippen molar-refractivity contribution in [1.82, 2.24) is 10.2 Å². The van der Waals surface area contributed by atoms with Crippen molar-refractivity contribution in [1.29, 1.82) is 0 Å². The highest BCUT2D eigenvalue weighted by Gasteiger charge is 2.34. The van der Waals surface area contributed by atoms with Crippen LogP contribution in [0.25, 0.3) is 0 Å². The third kappa shape index (κ3) is 3.75. The van der Waals surface area contributed by atoms with Crippen LogP contribution < -0.4 is 10.1 Å². The van der Waals surface area contributed by atoms with Gasteiger partial charge in [-0.15, -0.1) is 0 Å². The monoisotopic (exact) mass is 378 g/mol. The van der Waals surface area contributed by atoms with Crippen LogP contribution in [0.2, 0.25) is 0 Å². The second kappa shape index (κ2) is 8.05. The highest BCUT2D eigenvalue weighted by molar-refractivity contribution is 5.98. The summed E-state index contributed by atoms with van der Waals surface area (Å²) in [4.78, 5) is 27.6. The Labute approximate surface area is 165 Å². The molecule has 0 radical (unpaired) electrons. The highest BCUT2D eigenvalue weighted by Crippen LogP contribution is 2.34. The van der Waals surface area contributed by atoms with Crippen LogP contribution in [0, 0.1) is 0 Å². The zero-order valence-corrected chi connectivity index (χ0v) is 16.2. The number of amides is 2. The zero-order valence-electron chi connectivity index (χ0n) is 16.2. The standard InChI is InChI=1S/C23H26N2O3/c1-28-19-12-10-16(11-13-19)21(14-22(26)24-18-7-3-4-8-18)25-15-17-6-2-5-9-20(17)23(25)27/h2,5-6,9-13,18,21H,3-4,7-8,14-15H2,1H3,(H,24,26). The predicted molar refractivity (Wildman–Crippen MR) is 107 cm³/mol. The van der Waals surface area contributed by atoms with E-state index in [9.17, 15) is 9.59 Å². The second-order valence-electron chi connectivity index (χ2n) is 7.63. The van der Waals surface area contributed by atoms with E-state index in [1.54, 1.807) is 7.11 Å². The van der Waals surface area contributed by atoms with Gasteiger partial charge in [-0.05, 0) is 42.2 Å². The van der Waals surface area contributed by atoms with E-state index in [2.05, 4.69) is 5.32 Å². The van der Waals surface area contributed by atoms with E-state index in [1.807, 2.05) is 53.4 Å². The molecule has 1 fully saturated rings. The molecule has 0 saturated heterocycles. The molecule has 1 aliphatic heterocycles. The molecule has 1 aliphatic carbocycles. The first kappa shape index (κ1) is 18.5. The van der Waals surface area contributed by atoms with Crippen LogP contribution in [0.3, 0.4) is 0 Å². The summed E-state index contributed by atoms with van der Waals surface area (Å²) >= 11 is 0. The fourth-order valence-electron chi connectivity index (χ4n) is 4.29. The summed E-state index contributed by atoms with van der Waals surface area (Å²) in [5.74, 6) is 0.760. The van der Waals surface area contributed by atoms with Gasteiger partial charge in [-0.1, -0.05) is 43.2 Å². The van der Waals surface area contributed by atoms with Gasteiger partial charge in [0.15, 0.2) is 0 Å². The van der Waals surface area contributed by atoms with Gasteiger partial charge in [0.25, 0.3) is 5.91 Å². The van der Waals surface area contributed by atoms with E-state index >= 15 is 0 Å². The number of rotatable bonds is 6. The summed E-state index contributed by atoms with van der Waals surface area (Å²) in [7, 11) is 1.63. The molecule has 1 unspecified atom stereocenters. The largest absolute Gasteiger partial charge is 0.497 e. The Kier molecular flexibility index (Phi) is 5.33. The number of nitrogens with one attached hydrogen (secondary N) is 1. The number of carbonyl (C=O) groups is 2. The normalized spacial score (nSPS) is 17.5. The summed E-state index contributed by atoms with van der Waals surface area (Å²) in [6.45, 7) is 0.530. The van der Waals surface area contributed by atoms with Gasteiger partial charge in [0.1, 0.15) is 5.75 Å². The summed E-state index contributed by atoms with van der Waals surface area (Å²) < 4.78 is 5.26. The maximum Gasteiger partial charge on any atom is 0.255 e. The number of benzene rings is 2. The molecule has 4 rings (SSSR count). The number of nitrogens with zero attached hydrogens (tertiary/aromatic N) is 1. The summed E-state index contributed by atoms with van der Waals surface area (Å²) in [6, 6.07) is 15.3. The molecule has 1 atom stereocenters. The SMILES string of the molecule is COc1ccc(C(CC(=O)NC2CCCC2)N2Cc3ccccc3C2=O)cc1. The minimum absolute atomic E-state index is 0.00918. The fraction of sp³-hybridized carbons (Fsp3) is 0.391. The van der Waals surface area contributed by atoms with E-state index in [-0.39, 0.29) is 30.3 Å². The minimum atomic E-state index is -0.299. The fourth-order valence-corrected chi connectivity index (χ4v) is 4.29. The quantitative estimate of drug-likeness (QED) is 0.831. The van der Waals surface area contributed by atoms with Crippen molar-refractivity contribution in [3.8, 4) is 5.75 Å². The second-order valence-corrected chi connectivity index (χ2v) is 7.63. The molecule has 2 aromatic carbocycles. The molecule has 1 saturated carbocycles. The Morgan fingerprint density at radius 1 is 1.14 bits per heavy atom. The predicted octanol–water partition coefficient (Wildman–Crippen LogP) is 3.84. The number of ether oxygens (including phenoxy) is 1. The smallest absolute Gasteiger partial charge is 0.255 e. The van der Waals surface area contributed by atoms with Crippen molar-refractivity contribution in [3.05, 3.63) is 65.2 Å². The molecule has 0 aromatic heterocycles. The van der Waals surface area contributed by atoms with Gasteiger partial charge in [0.2, 0.25) is 5.91 Å². The van der Waals surface area contributed by atoms with Crippen LogP contribution in [0.5, 0.6) is 5.75 Å². The van der Waals surface area contributed by atoms with Crippen molar-refractivity contribution in [2.45, 2.75) is 50.7 Å². The molecular weight excluding hydrogens is 352 g/mol. The molecule has 28 heavy (non-hydrogen) atoms. The van der Waals surface area contributed by atoms with Crippen LogP contribution in [0.1, 0.15) is 59.6 Å². The first-order chi connectivity index (χ1) is 13.7. The lowest BCUT2D eigenvalue weighted by Gasteiger charge is -2.28. The number of methoxy groups -OCH3 is 1. The molecule has 5 heteroatoms. The minimum Gasteiger partial charge on any atom is -0.497 e. The van der Waals surface area contributed by atoms with Crippen molar-refractivity contribution >= 4 is 11.8 Å². The average Bonchev–Trinajstić information content (AvgIpc) is 3.34. The lowest BCUT2D eigenvalue weighted by molar-refractivity contribution is -0.122. The topological polar surface area (TPSA) is 58.6 Å². The summed E-state index contributed by atoms with van der Waals surface area (Å²) in [5.41, 5.74) is 2.70. The molecular formula is C23H26N2O3. The number of carbonyl (C=O) groups excluding carboxylic acids is 2. The van der Waals surface area contributed by atoms with Crippen molar-refractivity contribution < 1.29 is 14.3 Å². The van der Waals surface area contributed by atoms with Gasteiger partial charge < -0.3 is 15.0 Å². The van der Waals surface area contributed by atoms with Crippen molar-refractivity contribution in [2.24, 2.45) is 0 Å². The molecule has 146 valence electrons. The van der Waals surface area contributed by atoms with Gasteiger partial charge in [-0.3, -0.25) is 9.59 Å². The van der Waals surface area contributed by atoms with Gasteiger partial charge in [-0.2, -0.15) is 0 Å². The molecule has 0 bridgehead atoms. The van der Waals surface area contributed by atoms with Crippen LogP contribution in [0.4, 0.5) is 0 Å². The third-order valence-electron chi connectivity index (χ3n) is 5.83. The molecule has 2 aliphatic rings. The van der Waals surface area contributed by atoms with Gasteiger partial charge in [-0.25, -0.2) is 0 Å². The Morgan fingerprint density at radius 2 is 1.86 bits per heavy atom. The Bertz CT molecular complexity index is 856. The Hall–Kier alpha value is -2.82. The van der Waals surface area contributed by atoms with Crippen LogP contribution >= 0.6 is 0 Å². The van der Waals surface area contributed by atoms with Crippen molar-refractivity contribution in [3.63, 3.8) is 0 Å². The summed E-state index contributed by atoms with van der Waals surface area (Å²) in [6.07, 6.45) is 4.71. The average molecular weight is 378 g/mol. The third-order valence-corrected chi connectivity index (χ3v) is 5.83.